The first kappa shape index (κ1) is 31.9. The summed E-state index contributed by atoms with van der Waals surface area (Å²) in [5.74, 6) is 1.29. The highest BCUT2D eigenvalue weighted by molar-refractivity contribution is 7.90. The zero-order valence-electron chi connectivity index (χ0n) is 24.8. The third-order valence-electron chi connectivity index (χ3n) is 7.24. The van der Waals surface area contributed by atoms with Gasteiger partial charge in [0.25, 0.3) is 15.9 Å². The number of amides is 2. The quantitative estimate of drug-likeness (QED) is 0.376. The number of aromatic nitrogens is 2. The van der Waals surface area contributed by atoms with E-state index in [4.69, 9.17) is 11.2 Å². The number of thiazole rings is 1. The lowest BCUT2D eigenvalue weighted by Gasteiger charge is -2.40. The minimum absolute atomic E-state index is 0.0804. The predicted octanol–water partition coefficient (Wildman–Crippen LogP) is 1.96. The number of hydrogen-bond donors (Lipinski definition) is 2. The average Bonchev–Trinajstić information content (AvgIpc) is 3.55. The number of ether oxygens (including phenoxy) is 1. The molecule has 2 aliphatic heterocycles. The Morgan fingerprint density at radius 3 is 2.64 bits per heavy atom. The van der Waals surface area contributed by atoms with Gasteiger partial charge in [0.1, 0.15) is 10.6 Å². The molecule has 0 bridgehead atoms. The van der Waals surface area contributed by atoms with Crippen LogP contribution in [0.5, 0.6) is 0 Å². The number of carbonyl (C=O) groups excluding carboxylic acids is 2. The summed E-state index contributed by atoms with van der Waals surface area (Å²) in [6.45, 7) is 5.72. The third kappa shape index (κ3) is 6.92. The van der Waals surface area contributed by atoms with E-state index in [9.17, 15) is 26.4 Å². The lowest BCUT2D eigenvalue weighted by molar-refractivity contribution is 0.0569. The molecule has 3 aromatic rings. The van der Waals surface area contributed by atoms with Gasteiger partial charge in [-0.2, -0.15) is 4.31 Å². The maximum absolute atomic E-state index is 13.8. The Hall–Kier alpha value is -3.49. The van der Waals surface area contributed by atoms with Crippen molar-refractivity contribution in [2.45, 2.75) is 50.4 Å². The van der Waals surface area contributed by atoms with Crippen molar-refractivity contribution in [3.63, 3.8) is 0 Å². The molecule has 4 heterocycles. The first-order valence-corrected chi connectivity index (χ1v) is 17.8. The van der Waals surface area contributed by atoms with Gasteiger partial charge in [-0.15, -0.1) is 17.8 Å². The number of rotatable bonds is 6. The van der Waals surface area contributed by atoms with Crippen LogP contribution in [0.4, 0.5) is 4.79 Å². The minimum atomic E-state index is -4.36. The predicted molar refractivity (Wildman–Crippen MR) is 165 cm³/mol. The fourth-order valence-electron chi connectivity index (χ4n) is 5.19. The Labute approximate surface area is 260 Å². The van der Waals surface area contributed by atoms with Gasteiger partial charge in [0.2, 0.25) is 10.0 Å². The molecule has 2 aromatic heterocycles. The number of nitrogens with one attached hydrogen (secondary N) is 2. The number of H-pyrrole nitrogens is 1. The van der Waals surface area contributed by atoms with Crippen LogP contribution in [0.15, 0.2) is 29.3 Å². The summed E-state index contributed by atoms with van der Waals surface area (Å²) in [6, 6.07) is 5.39. The summed E-state index contributed by atoms with van der Waals surface area (Å²) in [5, 5.41) is 0.725. The number of terminal acetylenes is 1. The molecule has 0 radical (unpaired) electrons. The number of hydrogen-bond acceptors (Lipinski definition) is 10. The van der Waals surface area contributed by atoms with Gasteiger partial charge >= 0.3 is 6.09 Å². The molecule has 1 aromatic carbocycles. The summed E-state index contributed by atoms with van der Waals surface area (Å²) in [7, 11) is -6.53. The van der Waals surface area contributed by atoms with Crippen LogP contribution in [-0.4, -0.2) is 104 Å². The molecule has 44 heavy (non-hydrogen) atoms. The molecule has 1 unspecified atom stereocenters. The Morgan fingerprint density at radius 2 is 1.93 bits per heavy atom. The van der Waals surface area contributed by atoms with Crippen molar-refractivity contribution in [2.24, 2.45) is 0 Å². The van der Waals surface area contributed by atoms with Crippen LogP contribution in [0.25, 0.3) is 10.9 Å². The second kappa shape index (κ2) is 11.8. The number of likely N-dealkylation sites (N-methyl/N-ethyl adjacent to an activating group) is 1. The largest absolute Gasteiger partial charge is 0.443 e. The van der Waals surface area contributed by atoms with Crippen molar-refractivity contribution in [1.29, 1.82) is 0 Å². The lowest BCUT2D eigenvalue weighted by atomic mass is 10.2. The van der Waals surface area contributed by atoms with E-state index in [2.05, 4.69) is 20.8 Å². The van der Waals surface area contributed by atoms with Crippen molar-refractivity contribution in [2.75, 3.05) is 39.0 Å². The van der Waals surface area contributed by atoms with Crippen LogP contribution in [-0.2, 0) is 37.7 Å². The van der Waals surface area contributed by atoms with Crippen LogP contribution in [0, 0.1) is 12.3 Å². The molecule has 13 nitrogen and oxygen atoms in total. The second-order valence-electron chi connectivity index (χ2n) is 11.9. The Morgan fingerprint density at radius 1 is 1.18 bits per heavy atom. The number of sulfonamides is 2. The SMILES string of the molecule is C#Cc1ccc2[nH]c(S(=O)(=O)N3CCN(C(=O)c4nc5c(s4)CN(C)CC5)C(CS(=O)(=O)NC(=O)OC(C)(C)C)C3)cc2c1. The van der Waals surface area contributed by atoms with E-state index >= 15 is 0 Å². The number of benzene rings is 1. The summed E-state index contributed by atoms with van der Waals surface area (Å²) >= 11 is 1.25. The van der Waals surface area contributed by atoms with Gasteiger partial charge in [-0.1, -0.05) is 5.92 Å². The Bertz CT molecular complexity index is 1870. The van der Waals surface area contributed by atoms with Crippen LogP contribution >= 0.6 is 11.3 Å². The van der Waals surface area contributed by atoms with Crippen LogP contribution in [0.1, 0.15) is 46.7 Å². The summed E-state index contributed by atoms with van der Waals surface area (Å²) in [4.78, 5) is 37.9. The fourth-order valence-corrected chi connectivity index (χ4v) is 8.99. The summed E-state index contributed by atoms with van der Waals surface area (Å²) in [5.41, 5.74) is 1.04. The van der Waals surface area contributed by atoms with Gasteiger partial charge in [0.05, 0.1) is 17.5 Å². The number of nitrogens with zero attached hydrogens (tertiary/aromatic N) is 4. The Kier molecular flexibility index (Phi) is 8.55. The zero-order valence-corrected chi connectivity index (χ0v) is 27.2. The van der Waals surface area contributed by atoms with Gasteiger partial charge < -0.3 is 19.5 Å². The molecular formula is C28H34N6O7S3. The van der Waals surface area contributed by atoms with E-state index in [0.29, 0.717) is 29.4 Å². The Balaban J connectivity index is 1.43. The van der Waals surface area contributed by atoms with Crippen LogP contribution in [0.3, 0.4) is 0 Å². The minimum Gasteiger partial charge on any atom is -0.443 e. The van der Waals surface area contributed by atoms with Crippen LogP contribution in [0.2, 0.25) is 0 Å². The average molecular weight is 663 g/mol. The standard InChI is InChI=1S/C28H34N6O7S3/c1-6-18-7-8-21-19(13-18)14-24(29-21)44(39,40)33-11-12-34(26(35)25-30-22-9-10-32(5)16-23(22)42-25)20(15-33)17-43(37,38)31-27(36)41-28(2,3)4/h1,7-8,13-14,20,29H,9-12,15-17H2,2-5H3,(H,31,36). The van der Waals surface area contributed by atoms with Crippen molar-refractivity contribution < 1.29 is 31.2 Å². The van der Waals surface area contributed by atoms with E-state index in [-0.39, 0.29) is 29.7 Å². The smallest absolute Gasteiger partial charge is 0.421 e. The van der Waals surface area contributed by atoms with Crippen molar-refractivity contribution in [3.8, 4) is 12.3 Å². The highest BCUT2D eigenvalue weighted by atomic mass is 32.2. The molecule has 2 aliphatic rings. The molecule has 1 atom stereocenters. The molecular weight excluding hydrogens is 629 g/mol. The molecule has 0 aliphatic carbocycles. The number of aromatic amines is 1. The first-order chi connectivity index (χ1) is 20.5. The molecule has 236 valence electrons. The van der Waals surface area contributed by atoms with Gasteiger partial charge in [-0.05, 0) is 52.1 Å². The van der Waals surface area contributed by atoms with E-state index in [0.717, 1.165) is 21.4 Å². The lowest BCUT2D eigenvalue weighted by Crippen LogP contribution is -2.59. The summed E-state index contributed by atoms with van der Waals surface area (Å²) < 4.78 is 61.9. The monoisotopic (exact) mass is 662 g/mol. The highest BCUT2D eigenvalue weighted by Gasteiger charge is 2.41. The maximum Gasteiger partial charge on any atom is 0.421 e. The number of fused-ring (bicyclic) bond motifs is 2. The second-order valence-corrected chi connectivity index (χ2v) is 16.6. The van der Waals surface area contributed by atoms with Crippen molar-refractivity contribution in [3.05, 3.63) is 45.4 Å². The molecule has 16 heteroatoms. The van der Waals surface area contributed by atoms with E-state index in [1.807, 2.05) is 11.8 Å². The van der Waals surface area contributed by atoms with E-state index in [1.165, 1.54) is 22.3 Å². The molecule has 1 saturated heterocycles. The molecule has 5 rings (SSSR count). The highest BCUT2D eigenvalue weighted by Crippen LogP contribution is 2.29. The zero-order chi connectivity index (χ0) is 32.0. The number of carbonyl (C=O) groups is 2. The topological polar surface area (TPSA) is 162 Å². The molecule has 2 amide bonds. The van der Waals surface area contributed by atoms with Crippen LogP contribution < -0.4 is 4.72 Å². The van der Waals surface area contributed by atoms with Gasteiger partial charge in [0, 0.05) is 60.5 Å². The molecule has 2 N–H and O–H groups in total. The summed E-state index contributed by atoms with van der Waals surface area (Å²) in [6.07, 6.45) is 5.00. The van der Waals surface area contributed by atoms with Crippen molar-refractivity contribution in [1.82, 2.24) is 28.8 Å². The molecule has 1 fully saturated rings. The normalized spacial score (nSPS) is 18.5. The fraction of sp³-hybridized carbons (Fsp3) is 0.464. The number of piperazine rings is 1. The molecule has 0 saturated carbocycles. The maximum atomic E-state index is 13.8. The third-order valence-corrected chi connectivity index (χ3v) is 11.4. The molecule has 0 spiro atoms. The van der Waals surface area contributed by atoms with E-state index < -0.39 is 49.4 Å². The van der Waals surface area contributed by atoms with E-state index in [1.54, 1.807) is 39.0 Å². The van der Waals surface area contributed by atoms with Gasteiger partial charge in [-0.3, -0.25) is 4.79 Å². The van der Waals surface area contributed by atoms with Gasteiger partial charge in [-0.25, -0.2) is 31.3 Å². The first-order valence-electron chi connectivity index (χ1n) is 13.9. The van der Waals surface area contributed by atoms with Crippen molar-refractivity contribution >= 4 is 54.3 Å². The van der Waals surface area contributed by atoms with Gasteiger partial charge in [0.15, 0.2) is 5.01 Å².